The van der Waals surface area contributed by atoms with Gasteiger partial charge in [0.25, 0.3) is 0 Å². The highest BCUT2D eigenvalue weighted by Gasteiger charge is 2.30. The van der Waals surface area contributed by atoms with Crippen molar-refractivity contribution in [3.63, 3.8) is 0 Å². The van der Waals surface area contributed by atoms with Crippen LogP contribution in [0.4, 0.5) is 36.3 Å². The Morgan fingerprint density at radius 1 is 1.24 bits per heavy atom. The minimum absolute atomic E-state index is 0.254. The van der Waals surface area contributed by atoms with Crippen molar-refractivity contribution in [3.05, 3.63) is 63.1 Å². The number of hydrogen-bond acceptors (Lipinski definition) is 8. The Bertz CT molecular complexity index is 1300. The van der Waals surface area contributed by atoms with Crippen LogP contribution in [-0.2, 0) is 17.3 Å². The van der Waals surface area contributed by atoms with Crippen LogP contribution in [0, 0.1) is 3.57 Å². The number of rotatable bonds is 9. The maximum atomic E-state index is 13.1. The van der Waals surface area contributed by atoms with E-state index < -0.39 is 32.5 Å². The van der Waals surface area contributed by atoms with E-state index in [1.807, 2.05) is 13.1 Å². The summed E-state index contributed by atoms with van der Waals surface area (Å²) in [6.07, 6.45) is 0.489. The van der Waals surface area contributed by atoms with E-state index in [4.69, 9.17) is 9.72 Å². The molecule has 3 aromatic rings. The Balaban J connectivity index is 1.48. The number of halogens is 4. The van der Waals surface area contributed by atoms with E-state index in [0.717, 1.165) is 34.5 Å². The first-order chi connectivity index (χ1) is 18.3. The van der Waals surface area contributed by atoms with Crippen LogP contribution < -0.4 is 15.6 Å². The number of nitrogens with one attached hydrogen (secondary N) is 2. The zero-order valence-corrected chi connectivity index (χ0v) is 23.3. The number of pyridine rings is 1. The van der Waals surface area contributed by atoms with Crippen LogP contribution in [0.2, 0.25) is 0 Å². The summed E-state index contributed by atoms with van der Waals surface area (Å²) in [5, 5.41) is 7.31. The number of aryl methyl sites for hydroxylation is 1. The van der Waals surface area contributed by atoms with Crippen LogP contribution >= 0.6 is 20.7 Å². The van der Waals surface area contributed by atoms with Gasteiger partial charge in [0.15, 0.2) is 0 Å². The van der Waals surface area contributed by atoms with Gasteiger partial charge in [-0.3, -0.25) is 0 Å². The SMILES string of the molecule is C=Ic1cnc(N/N=C/c2ccc(Nc3cccc(C(F)(F)F)c3)c(CC)n2)nc1N1CCOCC1CC. The fraction of sp³-hybridized carbons (Fsp3) is 0.346. The van der Waals surface area contributed by atoms with Crippen LogP contribution in [0.25, 0.3) is 0 Å². The number of ether oxygens (including phenoxy) is 1. The number of hydrogen-bond donors (Lipinski definition) is 2. The van der Waals surface area contributed by atoms with Gasteiger partial charge in [-0.15, -0.1) is 0 Å². The van der Waals surface area contributed by atoms with Gasteiger partial charge < -0.3 is 15.0 Å². The zero-order chi connectivity index (χ0) is 27.1. The molecule has 0 aliphatic carbocycles. The molecular formula is C26H29F3IN7O. The Kier molecular flexibility index (Phi) is 9.26. The second-order valence-electron chi connectivity index (χ2n) is 8.49. The molecule has 1 unspecified atom stereocenters. The number of morpholine rings is 1. The van der Waals surface area contributed by atoms with Gasteiger partial charge in [-0.25, -0.2) is 15.4 Å². The first kappa shape index (κ1) is 27.9. The van der Waals surface area contributed by atoms with E-state index in [2.05, 4.69) is 42.2 Å². The Labute approximate surface area is 229 Å². The van der Waals surface area contributed by atoms with Gasteiger partial charge in [0, 0.05) is 18.4 Å². The average molecular weight is 639 g/mol. The molecule has 1 aliphatic heterocycles. The third-order valence-corrected chi connectivity index (χ3v) is 7.58. The lowest BCUT2D eigenvalue weighted by atomic mass is 10.1. The first-order valence-corrected chi connectivity index (χ1v) is 14.8. The lowest BCUT2D eigenvalue weighted by Crippen LogP contribution is -2.46. The minimum Gasteiger partial charge on any atom is -0.377 e. The molecule has 0 amide bonds. The van der Waals surface area contributed by atoms with Gasteiger partial charge in [-0.2, -0.15) is 23.3 Å². The highest BCUT2D eigenvalue weighted by Crippen LogP contribution is 2.32. The van der Waals surface area contributed by atoms with Gasteiger partial charge in [0.2, 0.25) is 5.95 Å². The fourth-order valence-electron chi connectivity index (χ4n) is 4.04. The van der Waals surface area contributed by atoms with Crippen LogP contribution in [0.1, 0.15) is 37.2 Å². The van der Waals surface area contributed by atoms with Gasteiger partial charge in [0.1, 0.15) is 5.82 Å². The Morgan fingerprint density at radius 3 is 2.82 bits per heavy atom. The first-order valence-electron chi connectivity index (χ1n) is 12.2. The normalized spacial score (nSPS) is 16.1. The molecule has 1 fully saturated rings. The van der Waals surface area contributed by atoms with Crippen molar-refractivity contribution >= 4 is 54.6 Å². The molecule has 0 saturated carbocycles. The van der Waals surface area contributed by atoms with Crippen LogP contribution in [0.3, 0.4) is 0 Å². The third kappa shape index (κ3) is 6.84. The predicted molar refractivity (Wildman–Crippen MR) is 154 cm³/mol. The zero-order valence-electron chi connectivity index (χ0n) is 21.1. The van der Waals surface area contributed by atoms with Gasteiger partial charge in [-0.1, -0.05) is 45.2 Å². The maximum Gasteiger partial charge on any atom is 0.416 e. The number of benzene rings is 1. The van der Waals surface area contributed by atoms with E-state index >= 15 is 0 Å². The predicted octanol–water partition coefficient (Wildman–Crippen LogP) is 5.83. The van der Waals surface area contributed by atoms with Crippen LogP contribution in [0.5, 0.6) is 0 Å². The second-order valence-corrected chi connectivity index (χ2v) is 10.4. The summed E-state index contributed by atoms with van der Waals surface area (Å²) in [5.74, 6) is 1.25. The van der Waals surface area contributed by atoms with Gasteiger partial charge in [0.05, 0.1) is 51.7 Å². The molecular weight excluding hydrogens is 610 g/mol. The monoisotopic (exact) mass is 639 g/mol. The number of aromatic nitrogens is 3. The van der Waals surface area contributed by atoms with Crippen molar-refractivity contribution < 1.29 is 17.9 Å². The molecule has 0 bridgehead atoms. The summed E-state index contributed by atoms with van der Waals surface area (Å²) in [6.45, 7) is 6.14. The quantitative estimate of drug-likeness (QED) is 0.173. The van der Waals surface area contributed by atoms with Gasteiger partial charge >= 0.3 is 6.18 Å². The highest BCUT2D eigenvalue weighted by molar-refractivity contribution is 14.2. The third-order valence-electron chi connectivity index (χ3n) is 6.00. The summed E-state index contributed by atoms with van der Waals surface area (Å²) in [5.41, 5.74) is 4.44. The Morgan fingerprint density at radius 2 is 2.08 bits per heavy atom. The molecule has 2 N–H and O–H groups in total. The molecule has 2 aromatic heterocycles. The van der Waals surface area contributed by atoms with Crippen molar-refractivity contribution in [2.75, 3.05) is 35.4 Å². The standard InChI is InChI=1S/C26H29F3IN7O/c1-4-20-16-38-12-11-37(20)24-21(30-3)15-31-25(35-24)36-32-14-19-9-10-23(22(5-2)34-19)33-18-8-6-7-17(13-18)26(27,28)29/h6-10,13-15,20,33H,3-5,11-12,16H2,1-2H3,(H,31,35,36)/b32-14+. The summed E-state index contributed by atoms with van der Waals surface area (Å²) in [4.78, 5) is 16.0. The number of anilines is 4. The molecule has 3 heterocycles. The van der Waals surface area contributed by atoms with Crippen molar-refractivity contribution in [1.29, 1.82) is 0 Å². The molecule has 0 radical (unpaired) electrons. The van der Waals surface area contributed by atoms with Crippen molar-refractivity contribution in [1.82, 2.24) is 15.0 Å². The van der Waals surface area contributed by atoms with Crippen molar-refractivity contribution in [3.8, 4) is 0 Å². The van der Waals surface area contributed by atoms with E-state index in [1.165, 1.54) is 6.07 Å². The summed E-state index contributed by atoms with van der Waals surface area (Å²) < 4.78 is 50.0. The topological polar surface area (TPSA) is 87.6 Å². The lowest BCUT2D eigenvalue weighted by molar-refractivity contribution is -0.137. The Hall–Kier alpha value is -3.13. The van der Waals surface area contributed by atoms with Crippen LogP contribution in [-0.4, -0.2) is 51.5 Å². The molecule has 1 aliphatic rings. The average Bonchev–Trinajstić information content (AvgIpc) is 2.93. The molecule has 38 heavy (non-hydrogen) atoms. The molecule has 1 atom stereocenters. The fourth-order valence-corrected chi connectivity index (χ4v) is 5.15. The summed E-state index contributed by atoms with van der Waals surface area (Å²) >= 11 is -0.459. The molecule has 4 rings (SSSR count). The summed E-state index contributed by atoms with van der Waals surface area (Å²) in [6, 6.07) is 8.85. The van der Waals surface area contributed by atoms with Gasteiger partial charge in [-0.05, 0) is 43.2 Å². The van der Waals surface area contributed by atoms with E-state index in [-0.39, 0.29) is 6.04 Å². The number of nitrogens with zero attached hydrogens (tertiary/aromatic N) is 5. The molecule has 12 heteroatoms. The van der Waals surface area contributed by atoms with Crippen molar-refractivity contribution in [2.24, 2.45) is 5.10 Å². The van der Waals surface area contributed by atoms with Crippen molar-refractivity contribution in [2.45, 2.75) is 38.9 Å². The van der Waals surface area contributed by atoms with E-state index in [1.54, 1.807) is 24.4 Å². The molecule has 0 spiro atoms. The largest absolute Gasteiger partial charge is 0.416 e. The van der Waals surface area contributed by atoms with Crippen LogP contribution in [0.15, 0.2) is 47.7 Å². The number of alkyl halides is 3. The molecule has 202 valence electrons. The molecule has 1 saturated heterocycles. The molecule has 1 aromatic carbocycles. The smallest absolute Gasteiger partial charge is 0.377 e. The maximum absolute atomic E-state index is 13.1. The lowest BCUT2D eigenvalue weighted by Gasteiger charge is -2.36. The minimum atomic E-state index is -4.41. The van der Waals surface area contributed by atoms with E-state index in [9.17, 15) is 13.2 Å². The number of hydrazone groups is 1. The van der Waals surface area contributed by atoms with E-state index in [0.29, 0.717) is 48.3 Å². The molecule has 8 nitrogen and oxygen atoms in total. The second kappa shape index (κ2) is 12.6. The highest BCUT2D eigenvalue weighted by atomic mass is 127. The summed E-state index contributed by atoms with van der Waals surface area (Å²) in [7, 11) is 0.